The van der Waals surface area contributed by atoms with E-state index in [2.05, 4.69) is 5.32 Å². The first-order valence-electron chi connectivity index (χ1n) is 8.58. The summed E-state index contributed by atoms with van der Waals surface area (Å²) in [5.41, 5.74) is 6.02. The van der Waals surface area contributed by atoms with Gasteiger partial charge in [0.15, 0.2) is 0 Å². The van der Waals surface area contributed by atoms with Crippen LogP contribution < -0.4 is 15.8 Å². The predicted octanol–water partition coefficient (Wildman–Crippen LogP) is 3.07. The molecule has 3 rings (SSSR count). The van der Waals surface area contributed by atoms with E-state index in [1.54, 1.807) is 18.2 Å². The van der Waals surface area contributed by atoms with Gasteiger partial charge in [-0.05, 0) is 43.5 Å². The Hall–Kier alpha value is -2.40. The Morgan fingerprint density at radius 1 is 1.38 bits per heavy atom. The highest BCUT2D eigenvalue weighted by molar-refractivity contribution is 5.84. The number of nitrogens with two attached hydrogens (primary N) is 1. The van der Waals surface area contributed by atoms with Crippen LogP contribution in [0.3, 0.4) is 0 Å². The zero-order chi connectivity index (χ0) is 17.9. The summed E-state index contributed by atoms with van der Waals surface area (Å²) in [6.45, 7) is 0.0972. The topological polar surface area (TPSA) is 64.4 Å². The van der Waals surface area contributed by atoms with Gasteiger partial charge in [0.1, 0.15) is 18.2 Å². The van der Waals surface area contributed by atoms with Gasteiger partial charge in [0, 0.05) is 13.0 Å². The predicted molar refractivity (Wildman–Crippen MR) is 89.9 cm³/mol. The molecule has 0 bridgehead atoms. The summed E-state index contributed by atoms with van der Waals surface area (Å²) in [4.78, 5) is 11.6. The monoisotopic (exact) mass is 329 g/mol. The quantitative estimate of drug-likeness (QED) is 0.886. The van der Waals surface area contributed by atoms with E-state index >= 15 is 0 Å². The van der Waals surface area contributed by atoms with Crippen molar-refractivity contribution in [3.05, 3.63) is 65.5 Å². The van der Waals surface area contributed by atoms with E-state index in [1.807, 2.05) is 24.3 Å². The number of benzene rings is 2. The molecule has 1 fully saturated rings. The van der Waals surface area contributed by atoms with Crippen LogP contribution in [0, 0.1) is 5.82 Å². The molecule has 5 heteroatoms. The van der Waals surface area contributed by atoms with Crippen molar-refractivity contribution in [3.8, 4) is 5.75 Å². The molecule has 4 nitrogen and oxygen atoms in total. The smallest absolute Gasteiger partial charge is 0.237 e. The van der Waals surface area contributed by atoms with Crippen LogP contribution in [0.5, 0.6) is 5.75 Å². The number of rotatable bonds is 5. The van der Waals surface area contributed by atoms with Gasteiger partial charge >= 0.3 is 0 Å². The maximum Gasteiger partial charge on any atom is 0.237 e. The second-order valence-electron chi connectivity index (χ2n) is 6.13. The minimum atomic E-state index is -0.940. The molecule has 1 saturated heterocycles. The molecular formula is C19H21FN2O2. The molecule has 3 N–H and O–H groups in total. The molecule has 0 saturated carbocycles. The summed E-state index contributed by atoms with van der Waals surface area (Å²) in [6.07, 6.45) is 1.30. The SMILES string of the molecule is [2H]C[C@@]1(C(N)=O)CC[C@@H](c2ccc(OCc3ccccc3F)cc2)N1. The van der Waals surface area contributed by atoms with Crippen LogP contribution in [-0.2, 0) is 11.4 Å². The minimum Gasteiger partial charge on any atom is -0.489 e. The third-order valence-corrected chi connectivity index (χ3v) is 4.42. The summed E-state index contributed by atoms with van der Waals surface area (Å²) < 4.78 is 26.8. The standard InChI is InChI=1S/C19H21FN2O2/c1-19(18(21)23)11-10-17(22-19)13-6-8-15(9-7-13)24-12-14-4-2-3-5-16(14)20/h2-9,17,22H,10-12H2,1H3,(H2,21,23)/t17-,19-/m0/s1/i1D. The highest BCUT2D eigenvalue weighted by Crippen LogP contribution is 2.33. The van der Waals surface area contributed by atoms with Crippen molar-refractivity contribution in [2.45, 2.75) is 37.9 Å². The second-order valence-corrected chi connectivity index (χ2v) is 6.13. The molecule has 126 valence electrons. The summed E-state index contributed by atoms with van der Waals surface area (Å²) in [7, 11) is 0. The lowest BCUT2D eigenvalue weighted by molar-refractivity contribution is -0.123. The molecule has 2 atom stereocenters. The molecule has 2 aromatic rings. The maximum atomic E-state index is 13.6. The molecule has 0 spiro atoms. The first-order valence-corrected chi connectivity index (χ1v) is 7.87. The lowest BCUT2D eigenvalue weighted by Gasteiger charge is -2.22. The van der Waals surface area contributed by atoms with Gasteiger partial charge in [0.25, 0.3) is 0 Å². The normalized spacial score (nSPS) is 23.7. The molecule has 1 heterocycles. The molecular weight excluding hydrogens is 307 g/mol. The van der Waals surface area contributed by atoms with Gasteiger partial charge in [0.05, 0.1) is 5.54 Å². The van der Waals surface area contributed by atoms with E-state index in [1.165, 1.54) is 6.07 Å². The number of hydrogen-bond acceptors (Lipinski definition) is 3. The zero-order valence-corrected chi connectivity index (χ0v) is 13.3. The van der Waals surface area contributed by atoms with E-state index in [0.29, 0.717) is 17.7 Å². The fourth-order valence-corrected chi connectivity index (χ4v) is 2.89. The van der Waals surface area contributed by atoms with Crippen LogP contribution in [0.25, 0.3) is 0 Å². The van der Waals surface area contributed by atoms with Crippen molar-refractivity contribution in [1.82, 2.24) is 5.32 Å². The van der Waals surface area contributed by atoms with Crippen LogP contribution in [0.2, 0.25) is 0 Å². The first-order chi connectivity index (χ1) is 12.0. The molecule has 0 aromatic heterocycles. The summed E-state index contributed by atoms with van der Waals surface area (Å²) in [5.74, 6) is -0.117. The third kappa shape index (κ3) is 3.41. The van der Waals surface area contributed by atoms with Gasteiger partial charge in [0.2, 0.25) is 5.91 Å². The average molecular weight is 329 g/mol. The number of primary amides is 1. The largest absolute Gasteiger partial charge is 0.489 e. The lowest BCUT2D eigenvalue weighted by Crippen LogP contribution is -2.49. The summed E-state index contributed by atoms with van der Waals surface area (Å²) in [6, 6.07) is 14.0. The summed E-state index contributed by atoms with van der Waals surface area (Å²) >= 11 is 0. The number of halogens is 1. The number of carbonyl (C=O) groups is 1. The van der Waals surface area contributed by atoms with Crippen LogP contribution in [0.15, 0.2) is 48.5 Å². The van der Waals surface area contributed by atoms with Crippen LogP contribution in [0.1, 0.15) is 38.3 Å². The minimum absolute atomic E-state index is 0.0153. The number of nitrogens with one attached hydrogen (secondary N) is 1. The molecule has 0 unspecified atom stereocenters. The molecule has 1 aliphatic heterocycles. The highest BCUT2D eigenvalue weighted by atomic mass is 19.1. The molecule has 2 aromatic carbocycles. The maximum absolute atomic E-state index is 13.6. The number of amides is 1. The number of carbonyl (C=O) groups excluding carboxylic acids is 1. The highest BCUT2D eigenvalue weighted by Gasteiger charge is 2.39. The van der Waals surface area contributed by atoms with Gasteiger partial charge in [-0.1, -0.05) is 30.3 Å². The van der Waals surface area contributed by atoms with Gasteiger partial charge in [-0.25, -0.2) is 4.39 Å². The van der Waals surface area contributed by atoms with E-state index < -0.39 is 11.4 Å². The Balaban J connectivity index is 1.63. The molecule has 1 aliphatic rings. The van der Waals surface area contributed by atoms with Crippen molar-refractivity contribution < 1.29 is 15.3 Å². The van der Waals surface area contributed by atoms with Crippen molar-refractivity contribution in [3.63, 3.8) is 0 Å². The first kappa shape index (κ1) is 15.1. The van der Waals surface area contributed by atoms with E-state index in [-0.39, 0.29) is 25.4 Å². The molecule has 0 radical (unpaired) electrons. The van der Waals surface area contributed by atoms with E-state index in [9.17, 15) is 9.18 Å². The fourth-order valence-electron chi connectivity index (χ4n) is 2.89. The zero-order valence-electron chi connectivity index (χ0n) is 14.3. The third-order valence-electron chi connectivity index (χ3n) is 4.42. The van der Waals surface area contributed by atoms with Gasteiger partial charge in [-0.2, -0.15) is 0 Å². The Labute approximate surface area is 142 Å². The Kier molecular flexibility index (Phi) is 4.17. The van der Waals surface area contributed by atoms with Crippen LogP contribution in [-0.4, -0.2) is 11.4 Å². The average Bonchev–Trinajstić information content (AvgIpc) is 3.08. The van der Waals surface area contributed by atoms with Crippen LogP contribution >= 0.6 is 0 Å². The molecule has 0 aliphatic carbocycles. The van der Waals surface area contributed by atoms with Crippen LogP contribution in [0.4, 0.5) is 4.39 Å². The Bertz CT molecular complexity index is 753. The van der Waals surface area contributed by atoms with Crippen molar-refractivity contribution in [1.29, 1.82) is 0 Å². The van der Waals surface area contributed by atoms with Gasteiger partial charge < -0.3 is 10.5 Å². The molecule has 1 amide bonds. The number of hydrogen-bond donors (Lipinski definition) is 2. The van der Waals surface area contributed by atoms with Crippen molar-refractivity contribution in [2.75, 3.05) is 0 Å². The van der Waals surface area contributed by atoms with E-state index in [4.69, 9.17) is 11.8 Å². The number of ether oxygens (including phenoxy) is 1. The van der Waals surface area contributed by atoms with Crippen molar-refractivity contribution in [2.24, 2.45) is 5.73 Å². The Morgan fingerprint density at radius 2 is 2.12 bits per heavy atom. The van der Waals surface area contributed by atoms with Crippen molar-refractivity contribution >= 4 is 5.91 Å². The van der Waals surface area contributed by atoms with E-state index in [0.717, 1.165) is 12.0 Å². The lowest BCUT2D eigenvalue weighted by atomic mass is 9.99. The van der Waals surface area contributed by atoms with Gasteiger partial charge in [-0.15, -0.1) is 0 Å². The fraction of sp³-hybridized carbons (Fsp3) is 0.316. The van der Waals surface area contributed by atoms with Gasteiger partial charge in [-0.3, -0.25) is 10.1 Å². The second kappa shape index (κ2) is 6.61. The Morgan fingerprint density at radius 3 is 2.75 bits per heavy atom. The summed E-state index contributed by atoms with van der Waals surface area (Å²) in [5, 5.41) is 3.20. The molecule has 24 heavy (non-hydrogen) atoms.